The fourth-order valence-corrected chi connectivity index (χ4v) is 5.01. The molecule has 3 N–H and O–H groups in total. The lowest BCUT2D eigenvalue weighted by Crippen LogP contribution is -2.65. The van der Waals surface area contributed by atoms with Crippen molar-refractivity contribution in [2.75, 3.05) is 32.1 Å². The quantitative estimate of drug-likeness (QED) is 0.432. The second-order valence-electron chi connectivity index (χ2n) is 8.57. The zero-order chi connectivity index (χ0) is 22.3. The predicted molar refractivity (Wildman–Crippen MR) is 126 cm³/mol. The van der Waals surface area contributed by atoms with Crippen LogP contribution in [0.5, 0.6) is 0 Å². The Morgan fingerprint density at radius 2 is 1.97 bits per heavy atom. The molecule has 7 heteroatoms. The highest BCUT2D eigenvalue weighted by atomic mass is 16.5. The molecule has 1 aliphatic carbocycles. The molecule has 0 spiro atoms. The Morgan fingerprint density at radius 3 is 2.61 bits per heavy atom. The van der Waals surface area contributed by atoms with Gasteiger partial charge in [-0.2, -0.15) is 0 Å². The lowest BCUT2D eigenvalue weighted by atomic mass is 9.58. The summed E-state index contributed by atoms with van der Waals surface area (Å²) in [6.07, 6.45) is 5.68. The fraction of sp³-hybridized carbons (Fsp3) is 0.667. The molecule has 0 radical (unpaired) electrons. The van der Waals surface area contributed by atoms with E-state index in [1.165, 1.54) is 0 Å². The van der Waals surface area contributed by atoms with E-state index in [1.807, 2.05) is 23.1 Å². The van der Waals surface area contributed by atoms with Gasteiger partial charge < -0.3 is 25.6 Å². The zero-order valence-electron chi connectivity index (χ0n) is 19.5. The molecule has 3 rings (SSSR count). The number of aliphatic imine (C=N–C) groups is 1. The van der Waals surface area contributed by atoms with Crippen LogP contribution in [0, 0.1) is 5.41 Å². The average Bonchev–Trinajstić information content (AvgIpc) is 3.32. The molecular weight excluding hydrogens is 390 g/mol. The number of ether oxygens (including phenoxy) is 1. The van der Waals surface area contributed by atoms with Crippen LogP contribution in [-0.2, 0) is 11.3 Å². The van der Waals surface area contributed by atoms with Crippen molar-refractivity contribution in [2.24, 2.45) is 10.4 Å². The monoisotopic (exact) mass is 429 g/mol. The highest BCUT2D eigenvalue weighted by molar-refractivity contribution is 5.89. The van der Waals surface area contributed by atoms with Gasteiger partial charge in [0.1, 0.15) is 0 Å². The van der Waals surface area contributed by atoms with Crippen molar-refractivity contribution >= 4 is 17.7 Å². The van der Waals surface area contributed by atoms with E-state index in [4.69, 9.17) is 4.74 Å². The van der Waals surface area contributed by atoms with Crippen molar-refractivity contribution in [2.45, 2.75) is 71.6 Å². The van der Waals surface area contributed by atoms with E-state index in [0.29, 0.717) is 18.7 Å². The molecule has 0 aromatic heterocycles. The Labute approximate surface area is 187 Å². The number of nitrogens with one attached hydrogen (secondary N) is 3. The lowest BCUT2D eigenvalue weighted by molar-refractivity contribution is -0.133. The van der Waals surface area contributed by atoms with Gasteiger partial charge in [-0.25, -0.2) is 4.79 Å². The van der Waals surface area contributed by atoms with Crippen LogP contribution in [0.3, 0.4) is 0 Å². The maximum atomic E-state index is 12.3. The molecule has 1 aromatic rings. The molecule has 172 valence electrons. The van der Waals surface area contributed by atoms with E-state index in [9.17, 15) is 4.79 Å². The third-order valence-electron chi connectivity index (χ3n) is 7.04. The summed E-state index contributed by atoms with van der Waals surface area (Å²) in [5.74, 6) is 0.803. The number of rotatable bonds is 8. The first-order valence-corrected chi connectivity index (χ1v) is 11.8. The topological polar surface area (TPSA) is 78.0 Å². The average molecular weight is 430 g/mol. The molecular formula is C24H39N5O2. The number of carbonyl (C=O) groups excluding carboxylic acids is 1. The van der Waals surface area contributed by atoms with Crippen LogP contribution in [-0.4, -0.2) is 55.8 Å². The van der Waals surface area contributed by atoms with Gasteiger partial charge in [0.15, 0.2) is 5.96 Å². The van der Waals surface area contributed by atoms with Crippen molar-refractivity contribution in [3.8, 4) is 0 Å². The molecule has 2 amide bonds. The molecule has 1 aromatic carbocycles. The second-order valence-corrected chi connectivity index (χ2v) is 8.57. The molecule has 2 atom stereocenters. The minimum absolute atomic E-state index is 0.00982. The summed E-state index contributed by atoms with van der Waals surface area (Å²) in [5, 5.41) is 10.1. The summed E-state index contributed by atoms with van der Waals surface area (Å²) < 4.78 is 5.99. The molecule has 2 aliphatic rings. The van der Waals surface area contributed by atoms with Gasteiger partial charge >= 0.3 is 6.03 Å². The van der Waals surface area contributed by atoms with Crippen LogP contribution in [0.2, 0.25) is 0 Å². The Kier molecular flexibility index (Phi) is 8.18. The van der Waals surface area contributed by atoms with Crippen LogP contribution < -0.4 is 16.0 Å². The van der Waals surface area contributed by atoms with Crippen molar-refractivity contribution in [3.05, 3.63) is 29.8 Å². The first kappa shape index (κ1) is 23.4. The number of guanidine groups is 1. The first-order chi connectivity index (χ1) is 15.1. The number of anilines is 1. The third-order valence-corrected chi connectivity index (χ3v) is 7.04. The summed E-state index contributed by atoms with van der Waals surface area (Å²) in [4.78, 5) is 18.7. The van der Waals surface area contributed by atoms with Gasteiger partial charge in [0.05, 0.1) is 6.10 Å². The number of nitrogens with zero attached hydrogens (tertiary/aromatic N) is 2. The molecule has 31 heavy (non-hydrogen) atoms. The molecule has 1 aliphatic heterocycles. The minimum Gasteiger partial charge on any atom is -0.378 e. The Bertz CT molecular complexity index is 756. The number of hydrogen-bond acceptors (Lipinski definition) is 3. The smallest absolute Gasteiger partial charge is 0.321 e. The molecule has 1 saturated carbocycles. The predicted octanol–water partition coefficient (Wildman–Crippen LogP) is 3.96. The van der Waals surface area contributed by atoms with Gasteiger partial charge in [-0.05, 0) is 56.7 Å². The molecule has 7 nitrogen and oxygen atoms in total. The molecule has 2 fully saturated rings. The van der Waals surface area contributed by atoms with E-state index in [2.05, 4.69) is 47.8 Å². The van der Waals surface area contributed by atoms with E-state index in [-0.39, 0.29) is 11.4 Å². The van der Waals surface area contributed by atoms with Gasteiger partial charge in [0.2, 0.25) is 0 Å². The number of amides is 2. The lowest BCUT2D eigenvalue weighted by Gasteiger charge is -2.55. The van der Waals surface area contributed by atoms with E-state index >= 15 is 0 Å². The maximum absolute atomic E-state index is 12.3. The van der Waals surface area contributed by atoms with Crippen LogP contribution in [0.1, 0.15) is 58.4 Å². The normalized spacial score (nSPS) is 22.7. The summed E-state index contributed by atoms with van der Waals surface area (Å²) in [5.41, 5.74) is 2.09. The largest absolute Gasteiger partial charge is 0.378 e. The maximum Gasteiger partial charge on any atom is 0.321 e. The Hall–Kier alpha value is -2.28. The summed E-state index contributed by atoms with van der Waals surface area (Å²) in [6, 6.07) is 8.34. The van der Waals surface area contributed by atoms with Crippen LogP contribution in [0.4, 0.5) is 10.5 Å². The number of urea groups is 1. The summed E-state index contributed by atoms with van der Waals surface area (Å²) in [6.45, 7) is 9.66. The Balaban J connectivity index is 1.54. The van der Waals surface area contributed by atoms with Gasteiger partial charge in [0.25, 0.3) is 0 Å². The van der Waals surface area contributed by atoms with Crippen molar-refractivity contribution in [1.82, 2.24) is 15.5 Å². The van der Waals surface area contributed by atoms with Gasteiger partial charge in [0, 0.05) is 50.4 Å². The first-order valence-electron chi connectivity index (χ1n) is 11.8. The molecule has 1 heterocycles. The van der Waals surface area contributed by atoms with Crippen molar-refractivity contribution in [1.29, 1.82) is 0 Å². The zero-order valence-corrected chi connectivity index (χ0v) is 19.5. The molecule has 2 unspecified atom stereocenters. The van der Waals surface area contributed by atoms with E-state index in [1.54, 1.807) is 7.05 Å². The van der Waals surface area contributed by atoms with E-state index in [0.717, 1.165) is 69.0 Å². The number of hydrogen-bond donors (Lipinski definition) is 3. The fourth-order valence-electron chi connectivity index (χ4n) is 5.01. The minimum atomic E-state index is -0.00982. The van der Waals surface area contributed by atoms with Gasteiger partial charge in [-0.1, -0.05) is 26.0 Å². The van der Waals surface area contributed by atoms with Gasteiger partial charge in [-0.15, -0.1) is 0 Å². The molecule has 1 saturated heterocycles. The highest BCUT2D eigenvalue weighted by Crippen LogP contribution is 2.48. The van der Waals surface area contributed by atoms with Crippen molar-refractivity contribution < 1.29 is 9.53 Å². The van der Waals surface area contributed by atoms with E-state index < -0.39 is 0 Å². The number of likely N-dealkylation sites (tertiary alicyclic amines) is 1. The van der Waals surface area contributed by atoms with Crippen LogP contribution in [0.15, 0.2) is 29.3 Å². The third kappa shape index (κ3) is 5.32. The number of benzene rings is 1. The number of carbonyl (C=O) groups is 1. The summed E-state index contributed by atoms with van der Waals surface area (Å²) >= 11 is 0. The van der Waals surface area contributed by atoms with Crippen LogP contribution >= 0.6 is 0 Å². The van der Waals surface area contributed by atoms with Gasteiger partial charge in [-0.3, -0.25) is 4.99 Å². The van der Waals surface area contributed by atoms with Crippen molar-refractivity contribution in [3.63, 3.8) is 0 Å². The standard InChI is InChI=1S/C24H39N5O2/c1-5-24(6-2)20(16-21(24)31-7-3)28-22(25-4)26-17-18-11-10-12-19(15-18)27-23(30)29-13-8-9-14-29/h10-12,15,20-21H,5-9,13-14,16-17H2,1-4H3,(H,27,30)(H2,25,26,28). The molecule has 0 bridgehead atoms. The highest BCUT2D eigenvalue weighted by Gasteiger charge is 2.53. The summed E-state index contributed by atoms with van der Waals surface area (Å²) in [7, 11) is 1.81. The Morgan fingerprint density at radius 1 is 1.23 bits per heavy atom. The van der Waals surface area contributed by atoms with Crippen LogP contribution in [0.25, 0.3) is 0 Å². The second kappa shape index (κ2) is 10.8. The SMILES string of the molecule is CCOC1CC(NC(=NC)NCc2cccc(NC(=O)N3CCCC3)c2)C1(CC)CC.